The molecule has 1 amide bonds. The van der Waals surface area contributed by atoms with E-state index < -0.39 is 5.97 Å². The Morgan fingerprint density at radius 3 is 1.86 bits per heavy atom. The molecule has 1 atom stereocenters. The third kappa shape index (κ3) is 31.9. The first kappa shape index (κ1) is 40.1. The molecule has 6 heteroatoms. The minimum atomic E-state index is -1.03. The number of rotatable bonds is 29. The molecule has 0 bridgehead atoms. The summed E-state index contributed by atoms with van der Waals surface area (Å²) in [7, 11) is 0. The van der Waals surface area contributed by atoms with Gasteiger partial charge in [-0.3, -0.25) is 14.4 Å². The fourth-order valence-corrected chi connectivity index (χ4v) is 4.41. The maximum Gasteiger partial charge on any atom is 0.322 e. The number of nitrogens with one attached hydrogen (secondary N) is 1. The minimum Gasteiger partial charge on any atom is -0.480 e. The lowest BCUT2D eigenvalue weighted by molar-refractivity contribution is -0.147. The molecular weight excluding hydrogens is 538 g/mol. The van der Waals surface area contributed by atoms with Crippen LogP contribution in [0.4, 0.5) is 0 Å². The Labute approximate surface area is 262 Å². The second-order valence-electron chi connectivity index (χ2n) is 11.0. The summed E-state index contributed by atoms with van der Waals surface area (Å²) in [6.07, 6.45) is 40.7. The van der Waals surface area contributed by atoms with Gasteiger partial charge < -0.3 is 15.2 Å². The van der Waals surface area contributed by atoms with Crippen LogP contribution in [-0.2, 0) is 19.1 Å². The highest BCUT2D eigenvalue weighted by atomic mass is 16.5. The SMILES string of the molecule is CC/C=C\C/C=C\C/C=C\C/C=C\CCCCCCC(=O)OC(/C=C\CCCCC)CCCCCCC(=O)NCC(=O)O. The van der Waals surface area contributed by atoms with Crippen molar-refractivity contribution < 1.29 is 24.2 Å². The van der Waals surface area contributed by atoms with Crippen molar-refractivity contribution >= 4 is 17.8 Å². The van der Waals surface area contributed by atoms with Crippen LogP contribution in [0.3, 0.4) is 0 Å². The van der Waals surface area contributed by atoms with Gasteiger partial charge in [-0.15, -0.1) is 0 Å². The topological polar surface area (TPSA) is 92.7 Å². The van der Waals surface area contributed by atoms with Gasteiger partial charge in [-0.05, 0) is 83.1 Å². The standard InChI is InChI=1S/C37H61NO5/c1-3-5-7-9-10-11-12-13-14-15-16-17-18-19-20-22-28-32-37(42)43-34(29-25-21-8-6-4-2)30-26-23-24-27-31-35(39)38-33-36(40)41/h5,7,10-11,13-14,16-17,25,29,34H,3-4,6,8-9,12,15,18-24,26-28,30-33H2,1-2H3,(H,38,39)(H,40,41)/b7-5-,11-10-,14-13-,17-16-,29-25-. The Hall–Kier alpha value is -2.89. The zero-order valence-electron chi connectivity index (χ0n) is 27.3. The molecule has 244 valence electrons. The number of esters is 1. The van der Waals surface area contributed by atoms with Gasteiger partial charge in [0.15, 0.2) is 0 Å². The van der Waals surface area contributed by atoms with Crippen molar-refractivity contribution in [3.63, 3.8) is 0 Å². The number of unbranched alkanes of at least 4 members (excludes halogenated alkanes) is 10. The van der Waals surface area contributed by atoms with Crippen LogP contribution in [0.5, 0.6) is 0 Å². The van der Waals surface area contributed by atoms with Crippen LogP contribution in [-0.4, -0.2) is 35.6 Å². The lowest BCUT2D eigenvalue weighted by Gasteiger charge is -2.15. The van der Waals surface area contributed by atoms with Crippen LogP contribution in [0.25, 0.3) is 0 Å². The first-order valence-corrected chi connectivity index (χ1v) is 16.9. The third-order valence-corrected chi connectivity index (χ3v) is 6.91. The largest absolute Gasteiger partial charge is 0.480 e. The summed E-state index contributed by atoms with van der Waals surface area (Å²) in [6, 6.07) is 0. The van der Waals surface area contributed by atoms with Gasteiger partial charge in [-0.2, -0.15) is 0 Å². The number of carboxylic acids is 1. The maximum atomic E-state index is 12.5. The molecule has 0 aliphatic rings. The fraction of sp³-hybridized carbons (Fsp3) is 0.649. The highest BCUT2D eigenvalue weighted by Gasteiger charge is 2.11. The molecule has 0 aromatic heterocycles. The van der Waals surface area contributed by atoms with E-state index in [4.69, 9.17) is 9.84 Å². The summed E-state index contributed by atoms with van der Waals surface area (Å²) < 4.78 is 5.81. The van der Waals surface area contributed by atoms with Gasteiger partial charge in [0.25, 0.3) is 0 Å². The average Bonchev–Trinajstić information content (AvgIpc) is 2.99. The van der Waals surface area contributed by atoms with Crippen LogP contribution in [0.2, 0.25) is 0 Å². The third-order valence-electron chi connectivity index (χ3n) is 6.91. The number of carbonyl (C=O) groups is 3. The average molecular weight is 600 g/mol. The molecule has 0 aliphatic carbocycles. The molecule has 2 N–H and O–H groups in total. The number of carbonyl (C=O) groups excluding carboxylic acids is 2. The number of ether oxygens (including phenoxy) is 1. The van der Waals surface area contributed by atoms with E-state index in [2.05, 4.69) is 79.9 Å². The quantitative estimate of drug-likeness (QED) is 0.0507. The van der Waals surface area contributed by atoms with Crippen molar-refractivity contribution in [1.29, 1.82) is 0 Å². The summed E-state index contributed by atoms with van der Waals surface area (Å²) in [6.45, 7) is 4.01. The lowest BCUT2D eigenvalue weighted by Crippen LogP contribution is -2.28. The number of allylic oxidation sites excluding steroid dienone is 9. The van der Waals surface area contributed by atoms with Gasteiger partial charge in [0.1, 0.15) is 12.6 Å². The summed E-state index contributed by atoms with van der Waals surface area (Å²) >= 11 is 0. The van der Waals surface area contributed by atoms with Crippen LogP contribution in [0.15, 0.2) is 60.8 Å². The fourth-order valence-electron chi connectivity index (χ4n) is 4.41. The highest BCUT2D eigenvalue weighted by molar-refractivity contribution is 5.80. The van der Waals surface area contributed by atoms with Crippen molar-refractivity contribution in [2.45, 2.75) is 148 Å². The molecule has 0 rings (SSSR count). The van der Waals surface area contributed by atoms with Crippen LogP contribution < -0.4 is 5.32 Å². The monoisotopic (exact) mass is 599 g/mol. The van der Waals surface area contributed by atoms with Crippen molar-refractivity contribution in [1.82, 2.24) is 5.32 Å². The molecule has 0 aromatic rings. The molecule has 43 heavy (non-hydrogen) atoms. The van der Waals surface area contributed by atoms with Crippen molar-refractivity contribution in [3.05, 3.63) is 60.8 Å². The number of aliphatic carboxylic acids is 1. The molecule has 0 radical (unpaired) electrons. The Bertz CT molecular complexity index is 840. The summed E-state index contributed by atoms with van der Waals surface area (Å²) in [5, 5.41) is 11.0. The molecule has 0 aliphatic heterocycles. The molecule has 0 spiro atoms. The summed E-state index contributed by atoms with van der Waals surface area (Å²) in [4.78, 5) is 34.6. The highest BCUT2D eigenvalue weighted by Crippen LogP contribution is 2.14. The number of hydrogen-bond acceptors (Lipinski definition) is 4. The van der Waals surface area contributed by atoms with Gasteiger partial charge in [0.2, 0.25) is 5.91 Å². The molecule has 0 saturated heterocycles. The molecule has 0 saturated carbocycles. The van der Waals surface area contributed by atoms with Crippen LogP contribution >= 0.6 is 0 Å². The van der Waals surface area contributed by atoms with E-state index >= 15 is 0 Å². The van der Waals surface area contributed by atoms with Crippen molar-refractivity contribution in [2.75, 3.05) is 6.54 Å². The van der Waals surface area contributed by atoms with Gasteiger partial charge in [-0.25, -0.2) is 0 Å². The normalized spacial score (nSPS) is 12.8. The lowest BCUT2D eigenvalue weighted by atomic mass is 10.1. The van der Waals surface area contributed by atoms with Gasteiger partial charge in [-0.1, -0.05) is 107 Å². The first-order valence-electron chi connectivity index (χ1n) is 16.9. The van der Waals surface area contributed by atoms with Gasteiger partial charge in [0.05, 0.1) is 0 Å². The van der Waals surface area contributed by atoms with Crippen LogP contribution in [0, 0.1) is 0 Å². The Morgan fingerprint density at radius 1 is 0.651 bits per heavy atom. The van der Waals surface area contributed by atoms with E-state index in [1.807, 2.05) is 0 Å². The Balaban J connectivity index is 4.08. The smallest absolute Gasteiger partial charge is 0.322 e. The van der Waals surface area contributed by atoms with E-state index in [-0.39, 0.29) is 24.5 Å². The number of carboxylic acid groups (broad SMARTS) is 1. The zero-order chi connectivity index (χ0) is 31.6. The molecule has 6 nitrogen and oxygen atoms in total. The molecule has 0 fully saturated rings. The zero-order valence-corrected chi connectivity index (χ0v) is 27.3. The number of amides is 1. The second kappa shape index (κ2) is 32.0. The Kier molecular flexibility index (Phi) is 29.9. The summed E-state index contributed by atoms with van der Waals surface area (Å²) in [5.74, 6) is -1.37. The van der Waals surface area contributed by atoms with Gasteiger partial charge >= 0.3 is 11.9 Å². The minimum absolute atomic E-state index is 0.114. The van der Waals surface area contributed by atoms with E-state index in [0.29, 0.717) is 12.8 Å². The maximum absolute atomic E-state index is 12.5. The van der Waals surface area contributed by atoms with Crippen molar-refractivity contribution in [3.8, 4) is 0 Å². The molecule has 0 aromatic carbocycles. The second-order valence-corrected chi connectivity index (χ2v) is 11.0. The predicted molar refractivity (Wildman–Crippen MR) is 180 cm³/mol. The van der Waals surface area contributed by atoms with Crippen LogP contribution in [0.1, 0.15) is 142 Å². The summed E-state index contributed by atoms with van der Waals surface area (Å²) in [5.41, 5.74) is 0. The van der Waals surface area contributed by atoms with E-state index in [1.165, 1.54) is 12.8 Å². The Morgan fingerprint density at radius 2 is 1.21 bits per heavy atom. The van der Waals surface area contributed by atoms with E-state index in [9.17, 15) is 14.4 Å². The van der Waals surface area contributed by atoms with E-state index in [0.717, 1.165) is 103 Å². The first-order chi connectivity index (χ1) is 21.0. The number of hydrogen-bond donors (Lipinski definition) is 2. The molecule has 0 heterocycles. The van der Waals surface area contributed by atoms with E-state index in [1.54, 1.807) is 0 Å². The molecular formula is C37H61NO5. The van der Waals surface area contributed by atoms with Gasteiger partial charge in [0, 0.05) is 12.8 Å². The molecule has 1 unspecified atom stereocenters. The van der Waals surface area contributed by atoms with Crippen molar-refractivity contribution in [2.24, 2.45) is 0 Å². The predicted octanol–water partition coefficient (Wildman–Crippen LogP) is 9.72.